The van der Waals surface area contributed by atoms with Gasteiger partial charge in [-0.3, -0.25) is 4.79 Å². The highest BCUT2D eigenvalue weighted by Gasteiger charge is 2.38. The molecule has 6 heteroatoms. The molecular weight excluding hydrogens is 228 g/mol. The van der Waals surface area contributed by atoms with Crippen molar-refractivity contribution in [1.82, 2.24) is 10.2 Å². The maximum absolute atomic E-state index is 11.4. The molecule has 0 aliphatic carbocycles. The minimum atomic E-state index is -0.705. The largest absolute Gasteiger partial charge is 0.394 e. The van der Waals surface area contributed by atoms with Crippen LogP contribution in [0.3, 0.4) is 0 Å². The zero-order chi connectivity index (χ0) is 12.6. The first-order chi connectivity index (χ1) is 8.02. The Bertz CT molecular complexity index is 380. The third-order valence-corrected chi connectivity index (χ3v) is 2.95. The first kappa shape index (κ1) is 12.1. The zero-order valence-corrected chi connectivity index (χ0v) is 9.59. The lowest BCUT2D eigenvalue weighted by molar-refractivity contribution is -0.118. The molecule has 2 rings (SSSR count). The number of rotatable bonds is 2. The van der Waals surface area contributed by atoms with E-state index in [1.54, 1.807) is 18.0 Å². The van der Waals surface area contributed by atoms with Crippen LogP contribution in [-0.2, 0) is 9.53 Å². The van der Waals surface area contributed by atoms with Gasteiger partial charge in [-0.05, 0) is 6.92 Å². The van der Waals surface area contributed by atoms with Crippen LogP contribution in [0.2, 0.25) is 0 Å². The van der Waals surface area contributed by atoms with Crippen molar-refractivity contribution in [2.75, 3.05) is 6.61 Å². The summed E-state index contributed by atoms with van der Waals surface area (Å²) in [6.45, 7) is 5.18. The molecule has 0 aromatic rings. The molecule has 0 radical (unpaired) electrons. The first-order valence-corrected chi connectivity index (χ1v) is 5.44. The monoisotopic (exact) mass is 244 g/mol. The molecule has 3 N–H and O–H groups in total. The van der Waals surface area contributed by atoms with Gasteiger partial charge in [-0.2, -0.15) is 0 Å². The van der Waals surface area contributed by atoms with E-state index in [2.05, 4.69) is 11.9 Å². The minimum absolute atomic E-state index is 0.191. The fourth-order valence-corrected chi connectivity index (χ4v) is 1.95. The number of hydrogen-bond acceptors (Lipinski definition) is 5. The van der Waals surface area contributed by atoms with E-state index in [9.17, 15) is 9.90 Å². The van der Waals surface area contributed by atoms with Crippen molar-refractivity contribution in [1.29, 1.82) is 0 Å². The molecule has 94 valence electrons. The van der Waals surface area contributed by atoms with Gasteiger partial charge in [-0.25, -0.2) is 0 Å². The molecule has 0 saturated carbocycles. The summed E-state index contributed by atoms with van der Waals surface area (Å²) in [7, 11) is 0. The van der Waals surface area contributed by atoms with Crippen molar-refractivity contribution in [2.24, 2.45) is 0 Å². The number of amides is 1. The summed E-state index contributed by atoms with van der Waals surface area (Å²) in [4.78, 5) is 13.0. The van der Waals surface area contributed by atoms with Crippen molar-refractivity contribution in [3.8, 4) is 0 Å². The van der Waals surface area contributed by atoms with E-state index < -0.39 is 18.4 Å². The molecular formula is C11H16N2O4. The van der Waals surface area contributed by atoms with Crippen LogP contribution in [0, 0.1) is 0 Å². The fraction of sp³-hybridized carbons (Fsp3) is 0.545. The van der Waals surface area contributed by atoms with Crippen molar-refractivity contribution >= 4 is 5.91 Å². The van der Waals surface area contributed by atoms with Gasteiger partial charge in [-0.1, -0.05) is 6.58 Å². The van der Waals surface area contributed by atoms with Gasteiger partial charge in [0, 0.05) is 18.2 Å². The van der Waals surface area contributed by atoms with Gasteiger partial charge >= 0.3 is 0 Å². The van der Waals surface area contributed by atoms with Crippen LogP contribution < -0.4 is 5.32 Å². The average Bonchev–Trinajstić information content (AvgIpc) is 2.65. The standard InChI is InChI=1S/C11H16N2O4/c1-6-4-13(7(2)12-11(6)16)10-3-8(15)9(5-14)17-10/h4,8-10,14-15H,2-3,5H2,1H3,(H,12,16)/t8-,9-,10-/m1/s1/i14+2,16+2. The predicted octanol–water partition coefficient (Wildman–Crippen LogP) is -0.739. The van der Waals surface area contributed by atoms with Crippen LogP contribution in [0.15, 0.2) is 24.2 Å². The molecule has 0 unspecified atom stereocenters. The van der Waals surface area contributed by atoms with Crippen LogP contribution in [0.4, 0.5) is 0 Å². The van der Waals surface area contributed by atoms with Gasteiger partial charge in [0.15, 0.2) is 0 Å². The lowest BCUT2D eigenvalue weighted by Gasteiger charge is -2.32. The molecule has 0 aromatic carbocycles. The summed E-state index contributed by atoms with van der Waals surface area (Å²) < 4.78 is 5.49. The summed E-state index contributed by atoms with van der Waals surface area (Å²) in [5.41, 5.74) is 0.544. The van der Waals surface area contributed by atoms with Gasteiger partial charge in [-0.15, -0.1) is 0 Å². The number of aliphatic hydroxyl groups excluding tert-OH is 2. The third kappa shape index (κ3) is 2.19. The fourth-order valence-electron chi connectivity index (χ4n) is 1.95. The Hall–Kier alpha value is -1.37. The van der Waals surface area contributed by atoms with Crippen molar-refractivity contribution < 1.29 is 19.7 Å². The summed E-state index contributed by atoms with van der Waals surface area (Å²) in [6, 6.07) is 0. The zero-order valence-electron chi connectivity index (χ0n) is 9.59. The molecule has 1 fully saturated rings. The summed E-state index contributed by atoms with van der Waals surface area (Å²) in [5.74, 6) is 0.222. The second-order valence-corrected chi connectivity index (χ2v) is 4.24. The summed E-state index contributed by atoms with van der Waals surface area (Å²) in [6.07, 6.45) is 0.302. The van der Waals surface area contributed by atoms with Crippen molar-refractivity contribution in [2.45, 2.75) is 31.8 Å². The second-order valence-electron chi connectivity index (χ2n) is 4.24. The Kier molecular flexibility index (Phi) is 3.19. The molecule has 1 amide bonds. The smallest absolute Gasteiger partial charge is 0.253 e. The van der Waals surface area contributed by atoms with E-state index in [4.69, 9.17) is 9.84 Å². The number of nitrogens with one attached hydrogen (secondary N) is 1. The highest BCUT2D eigenvalue weighted by molar-refractivity contribution is 5.94. The van der Waals surface area contributed by atoms with E-state index in [0.717, 1.165) is 0 Å². The third-order valence-electron chi connectivity index (χ3n) is 2.95. The van der Waals surface area contributed by atoms with Crippen molar-refractivity contribution in [3.63, 3.8) is 0 Å². The van der Waals surface area contributed by atoms with Gasteiger partial charge in [0.25, 0.3) is 5.91 Å². The Morgan fingerprint density at radius 2 is 2.47 bits per heavy atom. The van der Waals surface area contributed by atoms with E-state index in [0.29, 0.717) is 17.8 Å². The summed E-state index contributed by atoms with van der Waals surface area (Å²) >= 11 is 0. The van der Waals surface area contributed by atoms with Gasteiger partial charge < -0.3 is 25.2 Å². The second kappa shape index (κ2) is 4.48. The molecule has 2 heterocycles. The Labute approximate surface area is 99.2 Å². The number of hydrogen-bond donors (Lipinski definition) is 3. The van der Waals surface area contributed by atoms with E-state index in [1.807, 2.05) is 0 Å². The van der Waals surface area contributed by atoms with Crippen molar-refractivity contribution in [3.05, 3.63) is 24.2 Å². The lowest BCUT2D eigenvalue weighted by Crippen LogP contribution is -2.42. The Morgan fingerprint density at radius 3 is 3.06 bits per heavy atom. The number of ether oxygens (including phenoxy) is 1. The molecule has 1 saturated heterocycles. The topological polar surface area (TPSA) is 82.0 Å². The van der Waals surface area contributed by atoms with Crippen LogP contribution in [-0.4, -0.2) is 46.1 Å². The highest BCUT2D eigenvalue weighted by Crippen LogP contribution is 2.27. The number of carbonyl (C=O) groups excluding carboxylic acids is 1. The van der Waals surface area contributed by atoms with Crippen LogP contribution in [0.1, 0.15) is 13.3 Å². The lowest BCUT2D eigenvalue weighted by atomic mass is 10.2. The maximum atomic E-state index is 11.4. The van der Waals surface area contributed by atoms with Crippen LogP contribution in [0.25, 0.3) is 0 Å². The SMILES string of the molecule is C=C1NC(=[18O])C(C)=CN1[C@H]1C[C@@H](O)[C@@H](C[18OH])O1. The van der Waals surface area contributed by atoms with Crippen LogP contribution in [0.5, 0.6) is 0 Å². The first-order valence-electron chi connectivity index (χ1n) is 5.44. The van der Waals surface area contributed by atoms with E-state index in [-0.39, 0.29) is 12.5 Å². The van der Waals surface area contributed by atoms with Crippen LogP contribution >= 0.6 is 0 Å². The molecule has 2 aliphatic heterocycles. The molecule has 3 atom stereocenters. The summed E-state index contributed by atoms with van der Waals surface area (Å²) in [5, 5.41) is 21.2. The van der Waals surface area contributed by atoms with E-state index in [1.165, 1.54) is 0 Å². The number of nitrogens with zero attached hydrogens (tertiary/aromatic N) is 1. The van der Waals surface area contributed by atoms with Gasteiger partial charge in [0.05, 0.1) is 12.7 Å². The van der Waals surface area contributed by atoms with Gasteiger partial charge in [0.2, 0.25) is 0 Å². The molecule has 2 aliphatic rings. The maximum Gasteiger partial charge on any atom is 0.253 e. The molecule has 0 bridgehead atoms. The molecule has 0 aromatic heterocycles. The minimum Gasteiger partial charge on any atom is -0.394 e. The average molecular weight is 244 g/mol. The number of aliphatic hydroxyl groups is 2. The highest BCUT2D eigenvalue weighted by atomic mass is 18.2. The van der Waals surface area contributed by atoms with E-state index >= 15 is 0 Å². The normalized spacial score (nSPS) is 33.7. The number of carbonyl (C=O) groups is 1. The molecule has 0 spiro atoms. The Balaban J connectivity index is 2.13. The van der Waals surface area contributed by atoms with Gasteiger partial charge in [0.1, 0.15) is 18.2 Å². The predicted molar refractivity (Wildman–Crippen MR) is 59.2 cm³/mol. The molecule has 17 heavy (non-hydrogen) atoms. The molecule has 6 nitrogen and oxygen atoms in total. The quantitative estimate of drug-likeness (QED) is 0.557. The Morgan fingerprint density at radius 1 is 1.76 bits per heavy atom.